The maximum atomic E-state index is 12.4. The number of nitrogens with two attached hydrogens (primary N) is 1. The minimum Gasteiger partial charge on any atom is -0.480 e. The van der Waals surface area contributed by atoms with Gasteiger partial charge in [0, 0.05) is 6.54 Å². The molecule has 1 aromatic rings. The van der Waals surface area contributed by atoms with E-state index in [-0.39, 0.29) is 5.91 Å². The van der Waals surface area contributed by atoms with Crippen LogP contribution in [0, 0.1) is 0 Å². The number of amides is 1. The molecular weight excluding hydrogens is 244 g/mol. The van der Waals surface area contributed by atoms with Crippen molar-refractivity contribution in [2.75, 3.05) is 6.54 Å². The van der Waals surface area contributed by atoms with E-state index in [4.69, 9.17) is 6.52 Å². The van der Waals surface area contributed by atoms with Gasteiger partial charge in [0.2, 0.25) is 5.91 Å². The zero-order chi connectivity index (χ0) is 14.5. The van der Waals surface area contributed by atoms with Crippen molar-refractivity contribution >= 4 is 11.9 Å². The predicted molar refractivity (Wildman–Crippen MR) is 70.5 cm³/mol. The average molecular weight is 263 g/mol. The number of likely N-dealkylation sites (tertiary alicyclic amines) is 1. The van der Waals surface area contributed by atoms with Crippen molar-refractivity contribution in [1.29, 1.82) is 0 Å². The van der Waals surface area contributed by atoms with E-state index in [9.17, 15) is 9.59 Å². The Balaban J connectivity index is 2.07. The molecule has 3 N–H and O–H groups in total. The Kier molecular flexibility index (Phi) is 3.74. The number of hydrogen-bond acceptors (Lipinski definition) is 3. The summed E-state index contributed by atoms with van der Waals surface area (Å²) in [6.45, 7) is 0.447. The molecule has 0 aromatic heterocycles. The number of hydrogen-bond donors (Lipinski definition) is 2. The summed E-state index contributed by atoms with van der Waals surface area (Å²) in [5.41, 5.74) is 3.19. The second-order valence-electron chi connectivity index (χ2n) is 4.77. The van der Waals surface area contributed by atoms with E-state index >= 15 is 0 Å². The van der Waals surface area contributed by atoms with Crippen LogP contribution in [0.5, 0.6) is 0 Å². The van der Waals surface area contributed by atoms with Gasteiger partial charge in [-0.1, -0.05) is 30.3 Å². The molecule has 2 atom stereocenters. The van der Waals surface area contributed by atoms with Gasteiger partial charge in [-0.25, -0.2) is 4.79 Å². The van der Waals surface area contributed by atoms with Crippen molar-refractivity contribution in [3.8, 4) is 0 Å². The lowest BCUT2D eigenvalue weighted by Gasteiger charge is -2.24. The fourth-order valence-corrected chi connectivity index (χ4v) is 2.42. The molecule has 5 heteroatoms. The van der Waals surface area contributed by atoms with Crippen LogP contribution in [0.1, 0.15) is 18.4 Å². The van der Waals surface area contributed by atoms with Crippen molar-refractivity contribution in [2.45, 2.75) is 31.3 Å². The lowest BCUT2D eigenvalue weighted by Crippen LogP contribution is -2.49. The van der Waals surface area contributed by atoms with E-state index in [0.29, 0.717) is 25.8 Å². The van der Waals surface area contributed by atoms with Crippen molar-refractivity contribution in [3.63, 3.8) is 0 Å². The molecule has 2 rings (SSSR count). The van der Waals surface area contributed by atoms with Gasteiger partial charge in [0.05, 0.1) is 6.04 Å². The van der Waals surface area contributed by atoms with Gasteiger partial charge >= 0.3 is 5.97 Å². The molecule has 1 aliphatic heterocycles. The maximum Gasteiger partial charge on any atom is 0.326 e. The van der Waals surface area contributed by atoms with Gasteiger partial charge in [0.1, 0.15) is 7.45 Å². The summed E-state index contributed by atoms with van der Waals surface area (Å²) in [4.78, 5) is 24.9. The van der Waals surface area contributed by atoms with Crippen LogP contribution in [0.25, 0.3) is 0 Å². The highest BCUT2D eigenvalue weighted by atomic mass is 16.4. The number of nitrogens with zero attached hydrogens (tertiary/aromatic N) is 1. The van der Waals surface area contributed by atoms with Crippen molar-refractivity contribution in [3.05, 3.63) is 35.9 Å². The highest BCUT2D eigenvalue weighted by Crippen LogP contribution is 2.18. The van der Waals surface area contributed by atoms with E-state index < -0.39 is 18.1 Å². The Morgan fingerprint density at radius 3 is 2.84 bits per heavy atom. The summed E-state index contributed by atoms with van der Waals surface area (Å²) in [6.07, 6.45) is 1.56. The van der Waals surface area contributed by atoms with Crippen LogP contribution in [-0.2, 0) is 16.0 Å². The number of rotatable bonds is 5. The largest absolute Gasteiger partial charge is 0.480 e. The molecule has 1 aromatic carbocycles. The minimum atomic E-state index is -0.973. The van der Waals surface area contributed by atoms with E-state index in [1.165, 1.54) is 4.90 Å². The zero-order valence-electron chi connectivity index (χ0n) is 11.6. The fourth-order valence-electron chi connectivity index (χ4n) is 2.42. The van der Waals surface area contributed by atoms with Gasteiger partial charge in [0.15, 0.2) is 0 Å². The third-order valence-corrected chi connectivity index (χ3v) is 3.40. The lowest BCUT2D eigenvalue weighted by atomic mass is 10.1. The average Bonchev–Trinajstić information content (AvgIpc) is 2.94. The normalized spacial score (nSPS) is 20.9. The van der Waals surface area contributed by atoms with E-state index in [1.54, 1.807) is 0 Å². The Labute approximate surface area is 113 Å². The maximum absolute atomic E-state index is 12.4. The van der Waals surface area contributed by atoms with Crippen LogP contribution >= 0.6 is 0 Å². The van der Waals surface area contributed by atoms with Crippen LogP contribution in [0.15, 0.2) is 30.3 Å². The molecule has 0 unspecified atom stereocenters. The second kappa shape index (κ2) is 5.84. The van der Waals surface area contributed by atoms with E-state index in [2.05, 4.69) is 5.73 Å². The van der Waals surface area contributed by atoms with Gasteiger partial charge in [0.25, 0.3) is 0 Å². The molecule has 0 spiro atoms. The standard InChI is InChI=1S/C14H18N2O3/c15-11(9-10-5-2-1-3-6-10)13(17)16-8-4-7-12(16)14(18)19/h1-3,5-6,11-12H,4,7-9,15H2,(H,18,19)/t11-,12+/m1/s1/i/hD. The third kappa shape index (κ3) is 3.12. The van der Waals surface area contributed by atoms with Crippen LogP contribution in [0.2, 0.25) is 1.41 Å². The van der Waals surface area contributed by atoms with Crippen LogP contribution in [0.3, 0.4) is 0 Å². The number of carbonyl (C=O) groups is 2. The Morgan fingerprint density at radius 1 is 1.47 bits per heavy atom. The SMILES string of the molecule is [2H]N[C@H](Cc1ccccc1)C(=O)N1CCC[C@H]1C(=O)O. The highest BCUT2D eigenvalue weighted by Gasteiger charge is 2.35. The molecule has 19 heavy (non-hydrogen) atoms. The number of aliphatic carboxylic acids is 1. The van der Waals surface area contributed by atoms with Crippen LogP contribution in [-0.4, -0.2) is 40.5 Å². The van der Waals surface area contributed by atoms with E-state index in [0.717, 1.165) is 5.56 Å². The number of carboxylic acid groups (broad SMARTS) is 1. The number of carboxylic acids is 1. The van der Waals surface area contributed by atoms with Gasteiger partial charge in [-0.05, 0) is 24.8 Å². The molecule has 1 amide bonds. The Morgan fingerprint density at radius 2 is 2.21 bits per heavy atom. The van der Waals surface area contributed by atoms with Gasteiger partial charge in [-0.2, -0.15) is 0 Å². The summed E-state index contributed by atoms with van der Waals surface area (Å²) in [6, 6.07) is 7.93. The zero-order valence-corrected chi connectivity index (χ0v) is 10.6. The van der Waals surface area contributed by atoms with Gasteiger partial charge < -0.3 is 15.7 Å². The quantitative estimate of drug-likeness (QED) is 0.816. The molecule has 5 nitrogen and oxygen atoms in total. The van der Waals surface area contributed by atoms with Gasteiger partial charge in [-0.15, -0.1) is 0 Å². The number of carbonyl (C=O) groups excluding carboxylic acids is 1. The smallest absolute Gasteiger partial charge is 0.326 e. The summed E-state index contributed by atoms with van der Waals surface area (Å²) in [7, 11) is 0. The monoisotopic (exact) mass is 263 g/mol. The summed E-state index contributed by atoms with van der Waals surface area (Å²) in [5, 5.41) is 9.12. The summed E-state index contributed by atoms with van der Waals surface area (Å²) in [5.74, 6) is -1.28. The molecule has 102 valence electrons. The predicted octanol–water partition coefficient (Wildman–Crippen LogP) is 0.632. The highest BCUT2D eigenvalue weighted by molar-refractivity contribution is 5.87. The number of benzene rings is 1. The molecule has 1 saturated heterocycles. The minimum absolute atomic E-state index is 0.311. The van der Waals surface area contributed by atoms with Crippen molar-refractivity contribution in [2.24, 2.45) is 5.73 Å². The van der Waals surface area contributed by atoms with Gasteiger partial charge in [-0.3, -0.25) is 4.79 Å². The Hall–Kier alpha value is -1.88. The Bertz CT molecular complexity index is 481. The van der Waals surface area contributed by atoms with E-state index in [1.807, 2.05) is 30.3 Å². The van der Waals surface area contributed by atoms with Crippen LogP contribution < -0.4 is 5.73 Å². The first-order valence-corrected chi connectivity index (χ1v) is 6.38. The molecule has 0 aliphatic carbocycles. The molecule has 1 aliphatic rings. The first-order chi connectivity index (χ1) is 9.63. The van der Waals surface area contributed by atoms with Crippen molar-refractivity contribution in [1.82, 2.24) is 4.90 Å². The molecule has 1 fully saturated rings. The molecular formula is C14H18N2O3. The summed E-state index contributed by atoms with van der Waals surface area (Å²) >= 11 is 0. The second-order valence-corrected chi connectivity index (χ2v) is 4.77. The summed E-state index contributed by atoms with van der Waals surface area (Å²) < 4.78 is 7.33. The fraction of sp³-hybridized carbons (Fsp3) is 0.429. The topological polar surface area (TPSA) is 83.6 Å². The molecule has 0 radical (unpaired) electrons. The third-order valence-electron chi connectivity index (χ3n) is 3.40. The first kappa shape index (κ1) is 12.2. The van der Waals surface area contributed by atoms with Crippen LogP contribution in [0.4, 0.5) is 0 Å². The lowest BCUT2D eigenvalue weighted by molar-refractivity contribution is -0.148. The molecule has 0 bridgehead atoms. The molecule has 0 saturated carbocycles. The molecule has 1 heterocycles. The van der Waals surface area contributed by atoms with Crippen molar-refractivity contribution < 1.29 is 16.1 Å². The first-order valence-electron chi connectivity index (χ1n) is 6.88.